The highest BCUT2D eigenvalue weighted by Gasteiger charge is 2.22. The van der Waals surface area contributed by atoms with Gasteiger partial charge in [-0.25, -0.2) is 4.99 Å². The average molecular weight is 444 g/mol. The molecule has 1 aliphatic carbocycles. The summed E-state index contributed by atoms with van der Waals surface area (Å²) in [5, 5.41) is 9.44. The van der Waals surface area contributed by atoms with Crippen LogP contribution >= 0.6 is 24.0 Å². The van der Waals surface area contributed by atoms with Gasteiger partial charge in [0.15, 0.2) is 5.96 Å². The van der Waals surface area contributed by atoms with Gasteiger partial charge in [0, 0.05) is 19.1 Å². The Morgan fingerprint density at radius 3 is 2.50 bits per heavy atom. The molecule has 24 heavy (non-hydrogen) atoms. The monoisotopic (exact) mass is 444 g/mol. The molecule has 1 fully saturated rings. The van der Waals surface area contributed by atoms with Gasteiger partial charge in [-0.2, -0.15) is 0 Å². The van der Waals surface area contributed by atoms with Crippen molar-refractivity contribution in [3.8, 4) is 0 Å². The molecule has 0 heterocycles. The normalized spacial score (nSPS) is 15.2. The number of rotatable bonds is 7. The predicted molar refractivity (Wildman–Crippen MR) is 110 cm³/mol. The molecule has 2 rings (SSSR count). The van der Waals surface area contributed by atoms with E-state index in [1.54, 1.807) is 0 Å². The smallest absolute Gasteiger partial charge is 0.242 e. The van der Waals surface area contributed by atoms with E-state index in [4.69, 9.17) is 0 Å². The third-order valence-corrected chi connectivity index (χ3v) is 3.89. The van der Waals surface area contributed by atoms with Crippen molar-refractivity contribution in [3.05, 3.63) is 35.4 Å². The van der Waals surface area contributed by atoms with Crippen LogP contribution in [0.5, 0.6) is 0 Å². The van der Waals surface area contributed by atoms with Crippen LogP contribution in [0, 0.1) is 6.92 Å². The van der Waals surface area contributed by atoms with Crippen LogP contribution in [0.15, 0.2) is 29.3 Å². The average Bonchev–Trinajstić information content (AvgIpc) is 3.34. The maximum atomic E-state index is 11.7. The number of guanidine groups is 1. The first kappa shape index (κ1) is 20.7. The molecule has 1 atom stereocenters. The largest absolute Gasteiger partial charge is 0.357 e. The fourth-order valence-electron chi connectivity index (χ4n) is 2.26. The molecule has 1 amide bonds. The third-order valence-electron chi connectivity index (χ3n) is 3.89. The van der Waals surface area contributed by atoms with Crippen molar-refractivity contribution >= 4 is 35.8 Å². The Kier molecular flexibility index (Phi) is 9.10. The fraction of sp³-hybridized carbons (Fsp3) is 0.556. The number of nitrogens with zero attached hydrogens (tertiary/aromatic N) is 1. The van der Waals surface area contributed by atoms with Crippen LogP contribution in [0.3, 0.4) is 0 Å². The van der Waals surface area contributed by atoms with E-state index in [-0.39, 0.29) is 36.4 Å². The molecule has 1 aromatic rings. The molecule has 0 radical (unpaired) electrons. The highest BCUT2D eigenvalue weighted by atomic mass is 127. The molecular weight excluding hydrogens is 415 g/mol. The molecule has 1 aliphatic rings. The summed E-state index contributed by atoms with van der Waals surface area (Å²) in [7, 11) is 0. The Balaban J connectivity index is 0.00000288. The van der Waals surface area contributed by atoms with Crippen LogP contribution in [0.1, 0.15) is 43.7 Å². The van der Waals surface area contributed by atoms with Gasteiger partial charge in [-0.05, 0) is 38.2 Å². The minimum absolute atomic E-state index is 0. The maximum Gasteiger partial charge on any atom is 0.242 e. The topological polar surface area (TPSA) is 65.5 Å². The Bertz CT molecular complexity index is 540. The second kappa shape index (κ2) is 10.5. The first-order chi connectivity index (χ1) is 11.1. The van der Waals surface area contributed by atoms with E-state index in [9.17, 15) is 4.79 Å². The predicted octanol–water partition coefficient (Wildman–Crippen LogP) is 2.55. The second-order valence-electron chi connectivity index (χ2n) is 6.23. The van der Waals surface area contributed by atoms with Gasteiger partial charge in [-0.15, -0.1) is 24.0 Å². The van der Waals surface area contributed by atoms with Crippen molar-refractivity contribution in [2.24, 2.45) is 4.99 Å². The first-order valence-corrected chi connectivity index (χ1v) is 8.46. The summed E-state index contributed by atoms with van der Waals surface area (Å²) < 4.78 is 0. The van der Waals surface area contributed by atoms with Crippen LogP contribution in [-0.4, -0.2) is 37.5 Å². The summed E-state index contributed by atoms with van der Waals surface area (Å²) in [4.78, 5) is 16.1. The van der Waals surface area contributed by atoms with Crippen molar-refractivity contribution < 1.29 is 4.79 Å². The molecule has 0 aromatic heterocycles. The molecule has 0 saturated heterocycles. The van der Waals surface area contributed by atoms with Gasteiger partial charge >= 0.3 is 0 Å². The quantitative estimate of drug-likeness (QED) is 0.344. The van der Waals surface area contributed by atoms with Crippen molar-refractivity contribution in [1.29, 1.82) is 0 Å². The lowest BCUT2D eigenvalue weighted by atomic mass is 10.0. The van der Waals surface area contributed by atoms with Crippen LogP contribution < -0.4 is 16.0 Å². The van der Waals surface area contributed by atoms with E-state index < -0.39 is 0 Å². The first-order valence-electron chi connectivity index (χ1n) is 8.46. The van der Waals surface area contributed by atoms with Gasteiger partial charge in [0.05, 0.1) is 0 Å². The van der Waals surface area contributed by atoms with Crippen molar-refractivity contribution in [1.82, 2.24) is 16.0 Å². The molecular formula is C18H29IN4O. The number of benzene rings is 1. The van der Waals surface area contributed by atoms with Crippen LogP contribution in [0.25, 0.3) is 0 Å². The molecule has 0 aliphatic heterocycles. The van der Waals surface area contributed by atoms with Crippen LogP contribution in [0.2, 0.25) is 0 Å². The van der Waals surface area contributed by atoms with E-state index in [1.807, 2.05) is 6.92 Å². The Morgan fingerprint density at radius 2 is 1.92 bits per heavy atom. The zero-order valence-electron chi connectivity index (χ0n) is 14.8. The second-order valence-corrected chi connectivity index (χ2v) is 6.23. The van der Waals surface area contributed by atoms with E-state index in [0.29, 0.717) is 17.9 Å². The Morgan fingerprint density at radius 1 is 1.25 bits per heavy atom. The van der Waals surface area contributed by atoms with E-state index in [0.717, 1.165) is 25.9 Å². The number of hydrogen-bond acceptors (Lipinski definition) is 2. The summed E-state index contributed by atoms with van der Waals surface area (Å²) in [5.41, 5.74) is 2.57. The molecule has 3 N–H and O–H groups in total. The van der Waals surface area contributed by atoms with E-state index in [2.05, 4.69) is 59.1 Å². The molecule has 134 valence electrons. The van der Waals surface area contributed by atoms with Crippen LogP contribution in [0.4, 0.5) is 0 Å². The zero-order valence-corrected chi connectivity index (χ0v) is 17.1. The summed E-state index contributed by atoms with van der Waals surface area (Å²) in [6.07, 6.45) is 2.20. The minimum atomic E-state index is -0.00344. The molecule has 5 nitrogen and oxygen atoms in total. The highest BCUT2D eigenvalue weighted by Crippen LogP contribution is 2.18. The molecule has 0 bridgehead atoms. The number of aliphatic imine (C=N–C) groups is 1. The van der Waals surface area contributed by atoms with Gasteiger partial charge in [-0.3, -0.25) is 4.79 Å². The summed E-state index contributed by atoms with van der Waals surface area (Å²) >= 11 is 0. The Hall–Kier alpha value is -1.31. The Labute approximate surface area is 162 Å². The molecule has 0 spiro atoms. The van der Waals surface area contributed by atoms with E-state index >= 15 is 0 Å². The van der Waals surface area contributed by atoms with Crippen LogP contribution in [-0.2, 0) is 4.79 Å². The van der Waals surface area contributed by atoms with Gasteiger partial charge in [0.1, 0.15) is 6.54 Å². The lowest BCUT2D eigenvalue weighted by Crippen LogP contribution is -2.40. The highest BCUT2D eigenvalue weighted by molar-refractivity contribution is 14.0. The minimum Gasteiger partial charge on any atom is -0.357 e. The number of amides is 1. The summed E-state index contributed by atoms with van der Waals surface area (Å²) in [6.45, 7) is 8.01. The zero-order chi connectivity index (χ0) is 16.7. The molecule has 1 aromatic carbocycles. The maximum absolute atomic E-state index is 11.7. The SMILES string of the molecule is CCNC(=NCC(=O)NC1CC1)NCC(C)c1ccc(C)cc1.I. The van der Waals surface area contributed by atoms with Gasteiger partial charge in [0.25, 0.3) is 0 Å². The molecule has 1 unspecified atom stereocenters. The van der Waals surface area contributed by atoms with E-state index in [1.165, 1.54) is 11.1 Å². The van der Waals surface area contributed by atoms with Gasteiger partial charge in [-0.1, -0.05) is 36.8 Å². The van der Waals surface area contributed by atoms with Crippen molar-refractivity contribution in [2.75, 3.05) is 19.6 Å². The van der Waals surface area contributed by atoms with Crippen molar-refractivity contribution in [3.63, 3.8) is 0 Å². The van der Waals surface area contributed by atoms with Crippen molar-refractivity contribution in [2.45, 2.75) is 45.6 Å². The van der Waals surface area contributed by atoms with Gasteiger partial charge in [0.2, 0.25) is 5.91 Å². The molecule has 1 saturated carbocycles. The number of carbonyl (C=O) groups excluding carboxylic acids is 1. The summed E-state index contributed by atoms with van der Waals surface area (Å²) in [6, 6.07) is 8.97. The number of carbonyl (C=O) groups is 1. The lowest BCUT2D eigenvalue weighted by molar-refractivity contribution is -0.119. The molecule has 6 heteroatoms. The third kappa shape index (κ3) is 7.51. The number of hydrogen-bond donors (Lipinski definition) is 3. The number of nitrogens with one attached hydrogen (secondary N) is 3. The lowest BCUT2D eigenvalue weighted by Gasteiger charge is -2.16. The standard InChI is InChI=1S/C18H28N4O.HI/c1-4-19-18(21-12-17(23)22-16-9-10-16)20-11-14(3)15-7-5-13(2)6-8-15;/h5-8,14,16H,4,9-12H2,1-3H3,(H,22,23)(H2,19,20,21);1H. The summed E-state index contributed by atoms with van der Waals surface area (Å²) in [5.74, 6) is 1.06. The number of halogens is 1. The number of aryl methyl sites for hydroxylation is 1. The fourth-order valence-corrected chi connectivity index (χ4v) is 2.26. The van der Waals surface area contributed by atoms with Gasteiger partial charge < -0.3 is 16.0 Å².